The average molecular weight is 315 g/mol. The van der Waals surface area contributed by atoms with Crippen molar-refractivity contribution in [1.82, 2.24) is 15.5 Å². The Morgan fingerprint density at radius 1 is 1.35 bits per heavy atom. The highest BCUT2D eigenvalue weighted by atomic mass is 16.5. The molecule has 0 saturated heterocycles. The normalized spacial score (nSPS) is 11.1. The van der Waals surface area contributed by atoms with Crippen molar-refractivity contribution in [2.75, 3.05) is 7.11 Å². The van der Waals surface area contributed by atoms with Gasteiger partial charge in [0.2, 0.25) is 0 Å². The van der Waals surface area contributed by atoms with Crippen molar-refractivity contribution in [1.29, 1.82) is 0 Å². The highest BCUT2D eigenvalue weighted by Gasteiger charge is 2.18. The average Bonchev–Trinajstić information content (AvgIpc) is 3.10. The second-order valence-electron chi connectivity index (χ2n) is 5.28. The third-order valence-electron chi connectivity index (χ3n) is 3.48. The predicted molar refractivity (Wildman–Crippen MR) is 81.9 cm³/mol. The Bertz CT molecular complexity index is 850. The second-order valence-corrected chi connectivity index (χ2v) is 5.28. The summed E-state index contributed by atoms with van der Waals surface area (Å²) in [5.41, 5.74) is 2.59. The van der Waals surface area contributed by atoms with Crippen LogP contribution in [0.15, 0.2) is 27.1 Å². The van der Waals surface area contributed by atoms with Gasteiger partial charge in [-0.15, -0.1) is 0 Å². The fourth-order valence-corrected chi connectivity index (χ4v) is 2.33. The van der Waals surface area contributed by atoms with Crippen LogP contribution in [0.2, 0.25) is 0 Å². The van der Waals surface area contributed by atoms with Gasteiger partial charge in [-0.25, -0.2) is 0 Å². The number of nitrogens with one attached hydrogen (secondary N) is 1. The van der Waals surface area contributed by atoms with Crippen molar-refractivity contribution in [3.63, 3.8) is 0 Å². The van der Waals surface area contributed by atoms with Gasteiger partial charge in [-0.05, 0) is 25.5 Å². The highest BCUT2D eigenvalue weighted by Crippen LogP contribution is 2.26. The van der Waals surface area contributed by atoms with E-state index in [1.165, 1.54) is 7.11 Å². The zero-order valence-electron chi connectivity index (χ0n) is 13.2. The van der Waals surface area contributed by atoms with Crippen molar-refractivity contribution in [3.05, 3.63) is 46.8 Å². The molecule has 1 amide bonds. The topological polar surface area (TPSA) is 90.4 Å². The van der Waals surface area contributed by atoms with Crippen LogP contribution in [0.25, 0.3) is 11.0 Å². The number of amides is 1. The summed E-state index contributed by atoms with van der Waals surface area (Å²) in [6, 6.07) is 5.86. The lowest BCUT2D eigenvalue weighted by Crippen LogP contribution is -2.23. The van der Waals surface area contributed by atoms with Gasteiger partial charge in [0.15, 0.2) is 11.6 Å². The van der Waals surface area contributed by atoms with Gasteiger partial charge in [-0.1, -0.05) is 17.3 Å². The largest absolute Gasteiger partial charge is 0.451 e. The van der Waals surface area contributed by atoms with Crippen molar-refractivity contribution in [2.45, 2.75) is 27.0 Å². The molecule has 7 heteroatoms. The van der Waals surface area contributed by atoms with E-state index in [1.54, 1.807) is 0 Å². The maximum absolute atomic E-state index is 12.3. The molecule has 1 aromatic carbocycles. The molecule has 23 heavy (non-hydrogen) atoms. The molecule has 1 N–H and O–H groups in total. The van der Waals surface area contributed by atoms with Gasteiger partial charge in [-0.2, -0.15) is 4.98 Å². The number of ether oxygens (including phenoxy) is 1. The van der Waals surface area contributed by atoms with Crippen molar-refractivity contribution in [3.8, 4) is 0 Å². The Hall–Kier alpha value is -2.67. The molecular formula is C16H17N3O4. The van der Waals surface area contributed by atoms with E-state index in [0.29, 0.717) is 23.1 Å². The van der Waals surface area contributed by atoms with Crippen molar-refractivity contribution < 1.29 is 18.5 Å². The molecule has 0 aliphatic heterocycles. The zero-order chi connectivity index (χ0) is 16.4. The summed E-state index contributed by atoms with van der Waals surface area (Å²) >= 11 is 0. The van der Waals surface area contributed by atoms with Gasteiger partial charge in [0.05, 0.1) is 6.54 Å². The van der Waals surface area contributed by atoms with Crippen molar-refractivity contribution in [2.24, 2.45) is 0 Å². The van der Waals surface area contributed by atoms with E-state index >= 15 is 0 Å². The first-order valence-corrected chi connectivity index (χ1v) is 7.17. The standard InChI is InChI=1S/C16H17N3O4/c1-9-4-5-11-10(2)15(22-12(11)6-9)16(20)17-7-13-18-14(8-21-3)23-19-13/h4-6H,7-8H2,1-3H3,(H,17,20). The van der Waals surface area contributed by atoms with Gasteiger partial charge < -0.3 is 19.0 Å². The van der Waals surface area contributed by atoms with E-state index in [2.05, 4.69) is 15.5 Å². The van der Waals surface area contributed by atoms with E-state index < -0.39 is 0 Å². The van der Waals surface area contributed by atoms with E-state index in [9.17, 15) is 4.79 Å². The van der Waals surface area contributed by atoms with Crippen LogP contribution in [0.4, 0.5) is 0 Å². The minimum atomic E-state index is -0.311. The van der Waals surface area contributed by atoms with Crippen LogP contribution in [-0.4, -0.2) is 23.2 Å². The molecule has 3 rings (SSSR count). The number of hydrogen-bond acceptors (Lipinski definition) is 6. The van der Waals surface area contributed by atoms with E-state index in [4.69, 9.17) is 13.7 Å². The number of aryl methyl sites for hydroxylation is 2. The number of carbonyl (C=O) groups is 1. The molecular weight excluding hydrogens is 298 g/mol. The van der Waals surface area contributed by atoms with Gasteiger partial charge >= 0.3 is 0 Å². The van der Waals surface area contributed by atoms with Gasteiger partial charge in [0, 0.05) is 18.1 Å². The van der Waals surface area contributed by atoms with E-state index in [-0.39, 0.29) is 19.1 Å². The third-order valence-corrected chi connectivity index (χ3v) is 3.48. The molecule has 0 atom stereocenters. The molecule has 2 heterocycles. The van der Waals surface area contributed by atoms with Crippen LogP contribution in [-0.2, 0) is 17.9 Å². The molecule has 2 aromatic heterocycles. The number of nitrogens with zero attached hydrogens (tertiary/aromatic N) is 2. The van der Waals surface area contributed by atoms with E-state index in [0.717, 1.165) is 16.5 Å². The Morgan fingerprint density at radius 2 is 2.17 bits per heavy atom. The number of benzene rings is 1. The molecule has 0 aliphatic rings. The monoisotopic (exact) mass is 315 g/mol. The summed E-state index contributed by atoms with van der Waals surface area (Å²) in [5, 5.41) is 7.43. The molecule has 0 fully saturated rings. The highest BCUT2D eigenvalue weighted by molar-refractivity contribution is 5.98. The molecule has 7 nitrogen and oxygen atoms in total. The summed E-state index contributed by atoms with van der Waals surface area (Å²) < 4.78 is 15.5. The van der Waals surface area contributed by atoms with Crippen molar-refractivity contribution >= 4 is 16.9 Å². The fourth-order valence-electron chi connectivity index (χ4n) is 2.33. The summed E-state index contributed by atoms with van der Waals surface area (Å²) in [7, 11) is 1.54. The minimum absolute atomic E-state index is 0.154. The lowest BCUT2D eigenvalue weighted by molar-refractivity contribution is 0.0923. The summed E-state index contributed by atoms with van der Waals surface area (Å²) in [4.78, 5) is 16.4. The maximum atomic E-state index is 12.3. The van der Waals surface area contributed by atoms with Crippen LogP contribution in [0, 0.1) is 13.8 Å². The van der Waals surface area contributed by atoms with Crippen LogP contribution >= 0.6 is 0 Å². The fraction of sp³-hybridized carbons (Fsp3) is 0.312. The van der Waals surface area contributed by atoms with Crippen LogP contribution in [0.3, 0.4) is 0 Å². The van der Waals surface area contributed by atoms with E-state index in [1.807, 2.05) is 32.0 Å². The molecule has 0 saturated carbocycles. The molecule has 0 aliphatic carbocycles. The molecule has 0 bridgehead atoms. The first-order valence-electron chi connectivity index (χ1n) is 7.17. The smallest absolute Gasteiger partial charge is 0.287 e. The molecule has 0 unspecified atom stereocenters. The molecule has 3 aromatic rings. The lowest BCUT2D eigenvalue weighted by atomic mass is 10.1. The lowest BCUT2D eigenvalue weighted by Gasteiger charge is -2.00. The third kappa shape index (κ3) is 3.09. The van der Waals surface area contributed by atoms with Gasteiger partial charge in [0.25, 0.3) is 11.8 Å². The second kappa shape index (κ2) is 6.21. The first-order chi connectivity index (χ1) is 11.1. The van der Waals surface area contributed by atoms with Gasteiger partial charge in [-0.3, -0.25) is 4.79 Å². The van der Waals surface area contributed by atoms with Gasteiger partial charge in [0.1, 0.15) is 12.2 Å². The summed E-state index contributed by atoms with van der Waals surface area (Å²) in [6.07, 6.45) is 0. The number of methoxy groups -OCH3 is 1. The number of rotatable bonds is 5. The number of carbonyl (C=O) groups excluding carboxylic acids is 1. The molecule has 120 valence electrons. The number of fused-ring (bicyclic) bond motifs is 1. The Kier molecular flexibility index (Phi) is 4.12. The summed E-state index contributed by atoms with van der Waals surface area (Å²) in [5.74, 6) is 0.739. The number of hydrogen-bond donors (Lipinski definition) is 1. The number of aromatic nitrogens is 2. The SMILES string of the molecule is COCc1nc(CNC(=O)c2oc3cc(C)ccc3c2C)no1. The van der Waals surface area contributed by atoms with Crippen LogP contribution < -0.4 is 5.32 Å². The Balaban J connectivity index is 1.74. The predicted octanol–water partition coefficient (Wildman–Crippen LogP) is 2.51. The zero-order valence-corrected chi connectivity index (χ0v) is 13.2. The first kappa shape index (κ1) is 15.2. The quantitative estimate of drug-likeness (QED) is 0.778. The summed E-state index contributed by atoms with van der Waals surface area (Å²) in [6.45, 7) is 4.23. The number of furan rings is 1. The molecule has 0 radical (unpaired) electrons. The molecule has 0 spiro atoms. The minimum Gasteiger partial charge on any atom is -0.451 e. The van der Waals surface area contributed by atoms with Crippen LogP contribution in [0.1, 0.15) is 33.4 Å². The maximum Gasteiger partial charge on any atom is 0.287 e. The Labute approximate surface area is 132 Å². The Morgan fingerprint density at radius 3 is 2.96 bits per heavy atom. The van der Waals surface area contributed by atoms with Crippen LogP contribution in [0.5, 0.6) is 0 Å².